The Bertz CT molecular complexity index is 767. The van der Waals surface area contributed by atoms with Crippen LogP contribution in [0.1, 0.15) is 30.5 Å². The minimum Gasteiger partial charge on any atom is -0.486 e. The van der Waals surface area contributed by atoms with Gasteiger partial charge in [-0.15, -0.1) is 0 Å². The van der Waals surface area contributed by atoms with Crippen LogP contribution in [0.25, 0.3) is 0 Å². The lowest BCUT2D eigenvalue weighted by Gasteiger charge is -2.19. The fourth-order valence-electron chi connectivity index (χ4n) is 1.72. The van der Waals surface area contributed by atoms with Gasteiger partial charge in [0.15, 0.2) is 0 Å². The fraction of sp³-hybridized carbons (Fsp3) is 0.250. The molecule has 2 rings (SSSR count). The fourth-order valence-corrected chi connectivity index (χ4v) is 1.72. The standard InChI is InChI=1S/C16H16F3NO/c17-16(18,19)13-6-8-14(9-7-13)21-15(10-11-20)12-4-2-1-3-5-12/h1-9,15H,10-11,20H2/t15-/m0/s1/i1D,2D,3D,4D,5D. The van der Waals surface area contributed by atoms with Crippen molar-refractivity contribution in [2.24, 2.45) is 5.73 Å². The van der Waals surface area contributed by atoms with E-state index < -0.39 is 48.1 Å². The van der Waals surface area contributed by atoms with E-state index in [0.29, 0.717) is 0 Å². The summed E-state index contributed by atoms with van der Waals surface area (Å²) < 4.78 is 82.5. The smallest absolute Gasteiger partial charge is 0.416 e. The van der Waals surface area contributed by atoms with Crippen molar-refractivity contribution < 1.29 is 24.8 Å². The molecule has 21 heavy (non-hydrogen) atoms. The second-order valence-corrected chi connectivity index (χ2v) is 4.24. The first-order valence-corrected chi connectivity index (χ1v) is 6.18. The second-order valence-electron chi connectivity index (χ2n) is 4.24. The maximum absolute atomic E-state index is 12.6. The van der Waals surface area contributed by atoms with Crippen molar-refractivity contribution in [3.63, 3.8) is 0 Å². The van der Waals surface area contributed by atoms with Gasteiger partial charge in [0.1, 0.15) is 11.9 Å². The van der Waals surface area contributed by atoms with Crippen LogP contribution >= 0.6 is 0 Å². The van der Waals surface area contributed by atoms with E-state index in [-0.39, 0.29) is 24.3 Å². The Morgan fingerprint density at radius 2 is 1.71 bits per heavy atom. The van der Waals surface area contributed by atoms with E-state index >= 15 is 0 Å². The molecule has 0 heterocycles. The molecule has 1 atom stereocenters. The predicted octanol–water partition coefficient (Wildman–Crippen LogP) is 4.17. The molecular formula is C16H16F3NO. The van der Waals surface area contributed by atoms with E-state index in [9.17, 15) is 13.2 Å². The SMILES string of the molecule is [2H]c1c([2H])c([2H])c([C@H](CCN)Oc2ccc(C(F)(F)F)cc2)c([2H])c1[2H]. The largest absolute Gasteiger partial charge is 0.486 e. The molecule has 0 amide bonds. The van der Waals surface area contributed by atoms with Crippen LogP contribution < -0.4 is 10.5 Å². The molecule has 0 saturated heterocycles. The Morgan fingerprint density at radius 3 is 2.24 bits per heavy atom. The summed E-state index contributed by atoms with van der Waals surface area (Å²) in [5.41, 5.74) is 4.60. The average Bonchev–Trinajstić information content (AvgIpc) is 2.58. The molecule has 0 aliphatic carbocycles. The highest BCUT2D eigenvalue weighted by Crippen LogP contribution is 2.31. The van der Waals surface area contributed by atoms with Crippen molar-refractivity contribution in [3.05, 3.63) is 65.6 Å². The monoisotopic (exact) mass is 300 g/mol. The zero-order valence-corrected chi connectivity index (χ0v) is 10.9. The van der Waals surface area contributed by atoms with Gasteiger partial charge in [0.05, 0.1) is 12.4 Å². The predicted molar refractivity (Wildman–Crippen MR) is 74.9 cm³/mol. The quantitative estimate of drug-likeness (QED) is 0.899. The van der Waals surface area contributed by atoms with Crippen LogP contribution in [-0.4, -0.2) is 6.54 Å². The first-order valence-electron chi connectivity index (χ1n) is 8.68. The second kappa shape index (κ2) is 6.63. The van der Waals surface area contributed by atoms with E-state index in [1.54, 1.807) is 0 Å². The molecule has 2 aromatic carbocycles. The number of halogens is 3. The van der Waals surface area contributed by atoms with E-state index in [1.807, 2.05) is 0 Å². The Hall–Kier alpha value is -2.01. The molecule has 0 spiro atoms. The molecule has 2 nitrogen and oxygen atoms in total. The van der Waals surface area contributed by atoms with Gasteiger partial charge in [0.25, 0.3) is 0 Å². The Balaban J connectivity index is 2.42. The summed E-state index contributed by atoms with van der Waals surface area (Å²) in [6.07, 6.45) is -5.36. The van der Waals surface area contributed by atoms with Crippen LogP contribution in [0.5, 0.6) is 5.75 Å². The molecule has 112 valence electrons. The molecule has 0 radical (unpaired) electrons. The minimum atomic E-state index is -4.48. The molecule has 0 saturated carbocycles. The Kier molecular flexibility index (Phi) is 3.11. The van der Waals surface area contributed by atoms with Gasteiger partial charge in [0, 0.05) is 6.42 Å². The highest BCUT2D eigenvalue weighted by Gasteiger charge is 2.30. The molecule has 0 aliphatic rings. The number of nitrogens with two attached hydrogens (primary N) is 1. The highest BCUT2D eigenvalue weighted by atomic mass is 19.4. The first-order chi connectivity index (χ1) is 12.1. The lowest BCUT2D eigenvalue weighted by atomic mass is 10.1. The molecule has 0 aliphatic heterocycles. The zero-order valence-electron chi connectivity index (χ0n) is 15.9. The van der Waals surface area contributed by atoms with E-state index in [1.165, 1.54) is 0 Å². The van der Waals surface area contributed by atoms with Gasteiger partial charge in [-0.25, -0.2) is 0 Å². The summed E-state index contributed by atoms with van der Waals surface area (Å²) >= 11 is 0. The lowest BCUT2D eigenvalue weighted by Crippen LogP contribution is -2.13. The van der Waals surface area contributed by atoms with Crippen molar-refractivity contribution in [3.8, 4) is 5.75 Å². The Labute approximate surface area is 128 Å². The van der Waals surface area contributed by atoms with Crippen LogP contribution in [0.3, 0.4) is 0 Å². The molecule has 2 aromatic rings. The molecule has 0 aromatic heterocycles. The van der Waals surface area contributed by atoms with Crippen molar-refractivity contribution in [1.82, 2.24) is 0 Å². The van der Waals surface area contributed by atoms with Crippen LogP contribution in [-0.2, 0) is 6.18 Å². The maximum Gasteiger partial charge on any atom is 0.416 e. The molecule has 0 fully saturated rings. The topological polar surface area (TPSA) is 35.2 Å². The number of hydrogen-bond acceptors (Lipinski definition) is 2. The summed E-state index contributed by atoms with van der Waals surface area (Å²) in [7, 11) is 0. The van der Waals surface area contributed by atoms with Crippen LogP contribution in [0.4, 0.5) is 13.2 Å². The number of benzene rings is 2. The molecule has 5 heteroatoms. The van der Waals surface area contributed by atoms with Gasteiger partial charge < -0.3 is 10.5 Å². The summed E-state index contributed by atoms with van der Waals surface area (Å²) in [6, 6.07) is 1.49. The summed E-state index contributed by atoms with van der Waals surface area (Å²) in [5, 5.41) is 0. The van der Waals surface area contributed by atoms with E-state index in [2.05, 4.69) is 0 Å². The van der Waals surface area contributed by atoms with Crippen LogP contribution in [0, 0.1) is 0 Å². The minimum absolute atomic E-state index is 0.0725. The van der Waals surface area contributed by atoms with Gasteiger partial charge in [-0.05, 0) is 36.4 Å². The maximum atomic E-state index is 12.6. The first kappa shape index (κ1) is 9.84. The normalized spacial score (nSPS) is 16.3. The molecular weight excluding hydrogens is 279 g/mol. The van der Waals surface area contributed by atoms with Gasteiger partial charge in [0.2, 0.25) is 0 Å². The average molecular weight is 300 g/mol. The van der Waals surface area contributed by atoms with Crippen molar-refractivity contribution in [2.75, 3.05) is 6.54 Å². The number of rotatable bonds is 5. The van der Waals surface area contributed by atoms with Crippen LogP contribution in [0.15, 0.2) is 54.5 Å². The van der Waals surface area contributed by atoms with Crippen molar-refractivity contribution >= 4 is 0 Å². The van der Waals surface area contributed by atoms with Gasteiger partial charge in [-0.1, -0.05) is 30.2 Å². The van der Waals surface area contributed by atoms with Crippen molar-refractivity contribution in [2.45, 2.75) is 18.7 Å². The lowest BCUT2D eigenvalue weighted by molar-refractivity contribution is -0.137. The van der Waals surface area contributed by atoms with E-state index in [4.69, 9.17) is 17.3 Å². The van der Waals surface area contributed by atoms with Gasteiger partial charge in [-0.3, -0.25) is 0 Å². The van der Waals surface area contributed by atoms with Gasteiger partial charge in [-0.2, -0.15) is 13.2 Å². The number of hydrogen-bond donors (Lipinski definition) is 1. The van der Waals surface area contributed by atoms with Gasteiger partial charge >= 0.3 is 6.18 Å². The summed E-state index contributed by atoms with van der Waals surface area (Å²) in [6.45, 7) is 0.0907. The summed E-state index contributed by atoms with van der Waals surface area (Å²) in [5.74, 6) is 0.0725. The third kappa shape index (κ3) is 4.23. The van der Waals surface area contributed by atoms with Crippen LogP contribution in [0.2, 0.25) is 0 Å². The van der Waals surface area contributed by atoms with Crippen molar-refractivity contribution in [1.29, 1.82) is 0 Å². The zero-order chi connectivity index (χ0) is 19.6. The number of alkyl halides is 3. The van der Waals surface area contributed by atoms with E-state index in [0.717, 1.165) is 24.3 Å². The Morgan fingerprint density at radius 1 is 1.10 bits per heavy atom. The molecule has 2 N–H and O–H groups in total. The third-order valence-corrected chi connectivity index (χ3v) is 2.73. The highest BCUT2D eigenvalue weighted by molar-refractivity contribution is 5.30. The third-order valence-electron chi connectivity index (χ3n) is 2.73. The summed E-state index contributed by atoms with van der Waals surface area (Å²) in [4.78, 5) is 0. The molecule has 0 unspecified atom stereocenters. The number of ether oxygens (including phenoxy) is 1. The molecule has 0 bridgehead atoms.